The van der Waals surface area contributed by atoms with E-state index in [0.717, 1.165) is 0 Å². The molecule has 0 N–H and O–H groups in total. The van der Waals surface area contributed by atoms with Crippen molar-refractivity contribution in [2.24, 2.45) is 0 Å². The smallest absolute Gasteiger partial charge is 0.248 e. The van der Waals surface area contributed by atoms with Gasteiger partial charge < -0.3 is 9.80 Å². The van der Waals surface area contributed by atoms with Crippen LogP contribution in [0.15, 0.2) is 103 Å². The molecule has 1 fully saturated rings. The molecule has 3 heteroatoms. The van der Waals surface area contributed by atoms with Crippen LogP contribution in [0.3, 0.4) is 0 Å². The van der Waals surface area contributed by atoms with Crippen molar-refractivity contribution in [2.75, 3.05) is 9.80 Å². The second-order valence-corrected chi connectivity index (χ2v) is 17.7. The maximum absolute atomic E-state index is 2.77. The molecule has 2 nitrogen and oxygen atoms in total. The Balaban J connectivity index is 1.41. The van der Waals surface area contributed by atoms with E-state index >= 15 is 0 Å². The number of hydrogen-bond acceptors (Lipinski definition) is 2. The van der Waals surface area contributed by atoms with Crippen molar-refractivity contribution in [1.29, 1.82) is 0 Å². The van der Waals surface area contributed by atoms with Crippen LogP contribution in [0.2, 0.25) is 0 Å². The average molecular weight is 641 g/mol. The molecule has 0 spiro atoms. The number of anilines is 5. The van der Waals surface area contributed by atoms with E-state index in [2.05, 4.69) is 168 Å². The molecule has 2 unspecified atom stereocenters. The van der Waals surface area contributed by atoms with Gasteiger partial charge in [0.15, 0.2) is 0 Å². The summed E-state index contributed by atoms with van der Waals surface area (Å²) in [5.74, 6) is 0. The van der Waals surface area contributed by atoms with Gasteiger partial charge in [-0.2, -0.15) is 0 Å². The fraction of sp³-hybridized carbons (Fsp3) is 0.348. The SMILES string of the molecule is CC(C)(C)c1ccccc1N1c2cc(N3c4ccccc4C4(C)CCCCC34C)cc3c2B(c2ccccc2-3)c2cccc(C(C)(C)C)c21. The summed E-state index contributed by atoms with van der Waals surface area (Å²) < 4.78 is 0. The molecule has 4 aliphatic rings. The largest absolute Gasteiger partial charge is 0.334 e. The van der Waals surface area contributed by atoms with Crippen LogP contribution in [0.1, 0.15) is 97.8 Å². The van der Waals surface area contributed by atoms with Crippen LogP contribution in [0, 0.1) is 0 Å². The molecule has 1 aliphatic carbocycles. The Morgan fingerprint density at radius 3 is 2.00 bits per heavy atom. The fourth-order valence-electron chi connectivity index (χ4n) is 10.4. The van der Waals surface area contributed by atoms with E-state index in [1.165, 1.54) is 98.3 Å². The zero-order valence-corrected chi connectivity index (χ0v) is 30.6. The predicted molar refractivity (Wildman–Crippen MR) is 211 cm³/mol. The first-order valence-electron chi connectivity index (χ1n) is 18.5. The lowest BCUT2D eigenvalue weighted by molar-refractivity contribution is 0.195. The molecule has 0 radical (unpaired) electrons. The fourth-order valence-corrected chi connectivity index (χ4v) is 10.4. The summed E-state index contributed by atoms with van der Waals surface area (Å²) >= 11 is 0. The minimum Gasteiger partial charge on any atom is -0.334 e. The summed E-state index contributed by atoms with van der Waals surface area (Å²) in [4.78, 5) is 5.46. The minimum absolute atomic E-state index is 0.00922. The lowest BCUT2D eigenvalue weighted by atomic mass is 9.37. The third-order valence-electron chi connectivity index (χ3n) is 12.9. The van der Waals surface area contributed by atoms with E-state index < -0.39 is 0 Å². The highest BCUT2D eigenvalue weighted by Gasteiger charge is 2.58. The monoisotopic (exact) mass is 640 g/mol. The summed E-state index contributed by atoms with van der Waals surface area (Å²) in [6.45, 7) is 19.5. The number of fused-ring (bicyclic) bond motifs is 8. The van der Waals surface area contributed by atoms with Gasteiger partial charge in [-0.15, -0.1) is 0 Å². The van der Waals surface area contributed by atoms with Crippen LogP contribution in [0.25, 0.3) is 11.1 Å². The van der Waals surface area contributed by atoms with Crippen LogP contribution < -0.4 is 26.2 Å². The molecule has 5 aromatic carbocycles. The highest BCUT2D eigenvalue weighted by Crippen LogP contribution is 2.61. The van der Waals surface area contributed by atoms with Crippen LogP contribution >= 0.6 is 0 Å². The third-order valence-corrected chi connectivity index (χ3v) is 12.9. The van der Waals surface area contributed by atoms with Crippen molar-refractivity contribution >= 4 is 51.5 Å². The van der Waals surface area contributed by atoms with Gasteiger partial charge in [-0.05, 0) is 93.6 Å². The Morgan fingerprint density at radius 1 is 0.592 bits per heavy atom. The van der Waals surface area contributed by atoms with Gasteiger partial charge in [0.25, 0.3) is 0 Å². The Bertz CT molecular complexity index is 2170. The van der Waals surface area contributed by atoms with Gasteiger partial charge in [0, 0.05) is 33.9 Å². The second kappa shape index (κ2) is 10.2. The van der Waals surface area contributed by atoms with Crippen LogP contribution in [0.4, 0.5) is 28.4 Å². The van der Waals surface area contributed by atoms with Crippen molar-refractivity contribution in [3.63, 3.8) is 0 Å². The molecule has 3 aliphatic heterocycles. The Morgan fingerprint density at radius 2 is 1.22 bits per heavy atom. The molecule has 2 atom stereocenters. The maximum atomic E-state index is 2.77. The van der Waals surface area contributed by atoms with Gasteiger partial charge >= 0.3 is 0 Å². The van der Waals surface area contributed by atoms with Gasteiger partial charge in [0.05, 0.1) is 5.54 Å². The van der Waals surface area contributed by atoms with E-state index in [9.17, 15) is 0 Å². The van der Waals surface area contributed by atoms with Crippen LogP contribution in [0.5, 0.6) is 0 Å². The molecule has 1 saturated carbocycles. The minimum atomic E-state index is -0.0401. The number of rotatable bonds is 2. The first-order valence-corrected chi connectivity index (χ1v) is 18.5. The highest BCUT2D eigenvalue weighted by atomic mass is 15.3. The summed E-state index contributed by atoms with van der Waals surface area (Å²) in [5, 5.41) is 0. The first kappa shape index (κ1) is 30.8. The lowest BCUT2D eigenvalue weighted by Gasteiger charge is -2.50. The summed E-state index contributed by atoms with van der Waals surface area (Å²) in [6.07, 6.45) is 4.99. The molecule has 49 heavy (non-hydrogen) atoms. The first-order chi connectivity index (χ1) is 23.3. The summed E-state index contributed by atoms with van der Waals surface area (Å²) in [6, 6.07) is 40.0. The number of para-hydroxylation sites is 3. The van der Waals surface area contributed by atoms with Gasteiger partial charge in [-0.25, -0.2) is 0 Å². The summed E-state index contributed by atoms with van der Waals surface area (Å²) in [5.41, 5.74) is 18.1. The van der Waals surface area contributed by atoms with Gasteiger partial charge in [-0.1, -0.05) is 146 Å². The molecule has 0 bridgehead atoms. The topological polar surface area (TPSA) is 6.48 Å². The van der Waals surface area contributed by atoms with Gasteiger partial charge in [0.2, 0.25) is 6.71 Å². The van der Waals surface area contributed by atoms with E-state index in [1.807, 2.05) is 0 Å². The molecule has 0 amide bonds. The quantitative estimate of drug-likeness (QED) is 0.174. The number of benzene rings is 5. The highest BCUT2D eigenvalue weighted by molar-refractivity contribution is 7.01. The second-order valence-electron chi connectivity index (χ2n) is 17.7. The Labute approximate surface area is 294 Å². The van der Waals surface area contributed by atoms with Crippen molar-refractivity contribution in [2.45, 2.75) is 103 Å². The molecule has 3 heterocycles. The van der Waals surface area contributed by atoms with E-state index in [1.54, 1.807) is 0 Å². The summed E-state index contributed by atoms with van der Waals surface area (Å²) in [7, 11) is 0. The van der Waals surface area contributed by atoms with E-state index in [0.29, 0.717) is 0 Å². The van der Waals surface area contributed by atoms with Crippen molar-refractivity contribution in [3.8, 4) is 11.1 Å². The van der Waals surface area contributed by atoms with Crippen molar-refractivity contribution in [3.05, 3.63) is 120 Å². The van der Waals surface area contributed by atoms with E-state index in [-0.39, 0.29) is 28.5 Å². The molecular weight excluding hydrogens is 591 g/mol. The molecular formula is C46H49BN2. The van der Waals surface area contributed by atoms with Crippen molar-refractivity contribution < 1.29 is 0 Å². The van der Waals surface area contributed by atoms with Crippen molar-refractivity contribution in [1.82, 2.24) is 0 Å². The van der Waals surface area contributed by atoms with E-state index in [4.69, 9.17) is 0 Å². The molecule has 0 saturated heterocycles. The molecule has 246 valence electrons. The van der Waals surface area contributed by atoms with Crippen LogP contribution in [-0.4, -0.2) is 12.3 Å². The zero-order chi connectivity index (χ0) is 34.1. The standard InChI is InChI=1S/C46H49BN2/c1-43(2,3)33-19-10-13-24-38(33)48-40-29-30(49-39-25-14-11-20-34(39)45(7)26-15-16-27-46(45,49)8)28-32-31-18-9-12-22-36(31)47(41(32)40)37-23-17-21-35(42(37)48)44(4,5)6/h9-14,17-25,28-29H,15-16,26-27H2,1-8H3. The number of hydrogen-bond donors (Lipinski definition) is 0. The Kier molecular flexibility index (Phi) is 6.38. The van der Waals surface area contributed by atoms with Gasteiger partial charge in [-0.3, -0.25) is 0 Å². The normalized spacial score (nSPS) is 22.0. The molecule has 5 aromatic rings. The third kappa shape index (κ3) is 4.08. The van der Waals surface area contributed by atoms with Crippen LogP contribution in [-0.2, 0) is 16.2 Å². The molecule has 0 aromatic heterocycles. The number of nitrogens with zero attached hydrogens (tertiary/aromatic N) is 2. The predicted octanol–water partition coefficient (Wildman–Crippen LogP) is 10.3. The molecule has 9 rings (SSSR count). The van der Waals surface area contributed by atoms with Gasteiger partial charge in [0.1, 0.15) is 0 Å². The lowest BCUT2D eigenvalue weighted by Crippen LogP contribution is -2.56. The maximum Gasteiger partial charge on any atom is 0.248 e. The average Bonchev–Trinajstić information content (AvgIpc) is 3.51. The zero-order valence-electron chi connectivity index (χ0n) is 30.6. The Hall–Kier alpha value is -4.24.